The van der Waals surface area contributed by atoms with Crippen LogP contribution in [0.1, 0.15) is 0 Å². The van der Waals surface area contributed by atoms with E-state index in [1.165, 1.54) is 0 Å². The number of hydrogen-bond acceptors (Lipinski definition) is 3. The van der Waals surface area contributed by atoms with Crippen molar-refractivity contribution in [2.45, 2.75) is 0 Å². The van der Waals surface area contributed by atoms with Crippen molar-refractivity contribution in [3.8, 4) is 56.4 Å². The van der Waals surface area contributed by atoms with Gasteiger partial charge in [0.2, 0.25) is 0 Å². The van der Waals surface area contributed by atoms with Gasteiger partial charge in [0, 0.05) is 5.56 Å². The molecule has 3 nitrogen and oxygen atoms in total. The Balaban J connectivity index is 0.000000739. The second kappa shape index (κ2) is 11.4. The van der Waals surface area contributed by atoms with Gasteiger partial charge in [-0.15, -0.1) is 0 Å². The quantitative estimate of drug-likeness (QED) is 0.152. The van der Waals surface area contributed by atoms with Gasteiger partial charge in [-0.25, -0.2) is 0 Å². The van der Waals surface area contributed by atoms with Crippen LogP contribution in [0.5, 0.6) is 23.0 Å². The molecule has 0 amide bonds. The van der Waals surface area contributed by atoms with E-state index in [9.17, 15) is 0 Å². The Morgan fingerprint density at radius 1 is 0.477 bits per heavy atom. The number of benzene rings is 6. The second-order valence-electron chi connectivity index (χ2n) is 10.5. The molecule has 0 spiro atoms. The van der Waals surface area contributed by atoms with Crippen LogP contribution in [0.4, 0.5) is 0 Å². The van der Waals surface area contributed by atoms with Gasteiger partial charge in [-0.3, -0.25) is 0 Å². The molecular weight excluding hydrogens is 559 g/mol. The van der Waals surface area contributed by atoms with Crippen LogP contribution in [-0.4, -0.2) is 0 Å². The van der Waals surface area contributed by atoms with Crippen LogP contribution < -0.4 is 25.4 Å². The molecule has 4 heteroatoms. The molecule has 0 N–H and O–H groups in total. The first-order chi connectivity index (χ1) is 21.6. The Morgan fingerprint density at radius 3 is 1.64 bits per heavy atom. The highest BCUT2D eigenvalue weighted by Crippen LogP contribution is 2.60. The molecule has 8 rings (SSSR count). The first-order valence-electron chi connectivity index (χ1n) is 14.4. The number of fused-ring (bicyclic) bond motifs is 4. The van der Waals surface area contributed by atoms with Crippen molar-refractivity contribution >= 4 is 23.1 Å². The molecular formula is C40H29O3P. The number of ether oxygens (including phenoxy) is 2. The molecule has 0 aromatic heterocycles. The Morgan fingerprint density at radius 2 is 1.02 bits per heavy atom. The van der Waals surface area contributed by atoms with E-state index < -0.39 is 7.14 Å². The predicted molar refractivity (Wildman–Crippen MR) is 183 cm³/mol. The number of para-hydroxylation sites is 1. The average molecular weight is 589 g/mol. The van der Waals surface area contributed by atoms with E-state index in [2.05, 4.69) is 49.6 Å². The van der Waals surface area contributed by atoms with Gasteiger partial charge < -0.3 is 14.0 Å². The van der Waals surface area contributed by atoms with Gasteiger partial charge in [-0.2, -0.15) is 0 Å². The minimum absolute atomic E-state index is 0.577. The van der Waals surface area contributed by atoms with Crippen molar-refractivity contribution in [2.75, 3.05) is 0 Å². The minimum Gasteiger partial charge on any atom is -0.456 e. The SMILES string of the molecule is C=CC=C.O=P12c3ccc(-c4ccccc4)cc3Oc3cc(-c4ccccc4)cc(c31)Oc1c(-c3ccccc3)cccc12. The third kappa shape index (κ3) is 4.59. The molecule has 2 aliphatic heterocycles. The normalized spacial score (nSPS) is 15.1. The van der Waals surface area contributed by atoms with E-state index in [0.29, 0.717) is 38.9 Å². The molecule has 1 unspecified atom stereocenters. The topological polar surface area (TPSA) is 35.5 Å². The largest absolute Gasteiger partial charge is 0.456 e. The monoisotopic (exact) mass is 588 g/mol. The van der Waals surface area contributed by atoms with Crippen molar-refractivity contribution in [3.05, 3.63) is 165 Å². The van der Waals surface area contributed by atoms with Gasteiger partial charge in [0.1, 0.15) is 28.3 Å². The molecule has 0 aliphatic carbocycles. The summed E-state index contributed by atoms with van der Waals surface area (Å²) in [6, 6.07) is 46.4. The molecule has 44 heavy (non-hydrogen) atoms. The van der Waals surface area contributed by atoms with Crippen LogP contribution in [0.3, 0.4) is 0 Å². The van der Waals surface area contributed by atoms with Crippen LogP contribution >= 0.6 is 7.14 Å². The van der Waals surface area contributed by atoms with E-state index in [-0.39, 0.29) is 0 Å². The van der Waals surface area contributed by atoms with Crippen molar-refractivity contribution in [2.24, 2.45) is 0 Å². The molecule has 0 bridgehead atoms. The molecule has 6 aromatic carbocycles. The molecule has 0 radical (unpaired) electrons. The van der Waals surface area contributed by atoms with Gasteiger partial charge >= 0.3 is 0 Å². The fourth-order valence-electron chi connectivity index (χ4n) is 5.84. The maximum Gasteiger partial charge on any atom is 0.185 e. The Bertz CT molecular complexity index is 2060. The van der Waals surface area contributed by atoms with E-state index in [0.717, 1.165) is 33.4 Å². The molecule has 1 atom stereocenters. The average Bonchev–Trinajstić information content (AvgIpc) is 3.09. The van der Waals surface area contributed by atoms with E-state index >= 15 is 4.57 Å². The summed E-state index contributed by atoms with van der Waals surface area (Å²) >= 11 is 0. The van der Waals surface area contributed by atoms with E-state index in [1.54, 1.807) is 12.2 Å². The van der Waals surface area contributed by atoms with Gasteiger partial charge in [-0.1, -0.05) is 135 Å². The summed E-state index contributed by atoms with van der Waals surface area (Å²) in [6.07, 6.45) is 3.28. The molecule has 2 heterocycles. The summed E-state index contributed by atoms with van der Waals surface area (Å²) < 4.78 is 28.9. The molecule has 0 saturated carbocycles. The molecule has 0 saturated heterocycles. The Labute approximate surface area is 257 Å². The lowest BCUT2D eigenvalue weighted by Gasteiger charge is -2.35. The van der Waals surface area contributed by atoms with Crippen LogP contribution in [0, 0.1) is 0 Å². The van der Waals surface area contributed by atoms with Gasteiger partial charge in [0.25, 0.3) is 0 Å². The Kier molecular flexibility index (Phi) is 7.10. The van der Waals surface area contributed by atoms with E-state index in [1.807, 2.05) is 103 Å². The van der Waals surface area contributed by atoms with Crippen molar-refractivity contribution in [3.63, 3.8) is 0 Å². The summed E-state index contributed by atoms with van der Waals surface area (Å²) in [5.74, 6) is 2.41. The summed E-state index contributed by atoms with van der Waals surface area (Å²) in [6.45, 7) is 6.72. The summed E-state index contributed by atoms with van der Waals surface area (Å²) in [4.78, 5) is 0. The highest BCUT2D eigenvalue weighted by molar-refractivity contribution is 7.86. The number of allylic oxidation sites excluding steroid dienone is 2. The van der Waals surface area contributed by atoms with Crippen LogP contribution in [0.15, 0.2) is 165 Å². The van der Waals surface area contributed by atoms with Gasteiger partial charge in [-0.05, 0) is 58.1 Å². The minimum atomic E-state index is -3.34. The van der Waals surface area contributed by atoms with Gasteiger partial charge in [0.15, 0.2) is 7.14 Å². The molecule has 6 aromatic rings. The van der Waals surface area contributed by atoms with Crippen LogP contribution in [0.25, 0.3) is 33.4 Å². The third-order valence-electron chi connectivity index (χ3n) is 7.89. The zero-order valence-corrected chi connectivity index (χ0v) is 24.9. The number of hydrogen-bond donors (Lipinski definition) is 0. The predicted octanol–water partition coefficient (Wildman–Crippen LogP) is 9.90. The lowest BCUT2D eigenvalue weighted by molar-refractivity contribution is 0.463. The third-order valence-corrected chi connectivity index (χ3v) is 11.0. The summed E-state index contributed by atoms with van der Waals surface area (Å²) in [5.41, 5.74) is 6.01. The zero-order chi connectivity index (χ0) is 30.1. The molecule has 0 fully saturated rings. The van der Waals surface area contributed by atoms with Crippen LogP contribution in [-0.2, 0) is 4.57 Å². The van der Waals surface area contributed by atoms with Crippen molar-refractivity contribution < 1.29 is 14.0 Å². The van der Waals surface area contributed by atoms with Crippen molar-refractivity contribution in [1.29, 1.82) is 0 Å². The van der Waals surface area contributed by atoms with Gasteiger partial charge in [0.05, 0.1) is 10.6 Å². The lowest BCUT2D eigenvalue weighted by atomic mass is 10.0. The Hall–Kier alpha value is -5.37. The number of rotatable bonds is 4. The summed E-state index contributed by atoms with van der Waals surface area (Å²) in [5, 5.41) is 2.03. The maximum atomic E-state index is 15.7. The van der Waals surface area contributed by atoms with Crippen molar-refractivity contribution in [1.82, 2.24) is 0 Å². The maximum absolute atomic E-state index is 15.7. The first kappa shape index (κ1) is 27.5. The highest BCUT2D eigenvalue weighted by atomic mass is 31.2. The smallest absolute Gasteiger partial charge is 0.185 e. The first-order valence-corrected chi connectivity index (χ1v) is 16.1. The van der Waals surface area contributed by atoms with E-state index in [4.69, 9.17) is 9.47 Å². The molecule has 212 valence electrons. The summed E-state index contributed by atoms with van der Waals surface area (Å²) in [7, 11) is -3.34. The highest BCUT2D eigenvalue weighted by Gasteiger charge is 2.47. The standard InChI is InChI=1S/C36H23O3P.C4H6/c37-40-33-20-19-27(24-11-4-1-5-12-24)21-30(33)38-31-22-28(25-13-6-2-7-14-25)23-32(36(31)40)39-35-29(17-10-18-34(35)40)26-15-8-3-9-16-26;1-3-4-2/h1-23H;3-4H,1-2H2. The zero-order valence-electron chi connectivity index (χ0n) is 24.0. The fraction of sp³-hybridized carbons (Fsp3) is 0. The van der Waals surface area contributed by atoms with Crippen LogP contribution in [0.2, 0.25) is 0 Å². The molecule has 2 aliphatic rings. The lowest BCUT2D eigenvalue weighted by Crippen LogP contribution is -2.35. The fourth-order valence-corrected chi connectivity index (χ4v) is 8.87. The second-order valence-corrected chi connectivity index (χ2v) is 13.2.